The number of rotatable bonds is 6. The average molecular weight is 506 g/mol. The maximum atomic E-state index is 12.4. The Morgan fingerprint density at radius 1 is 1.29 bits per heavy atom. The van der Waals surface area contributed by atoms with Gasteiger partial charge in [-0.15, -0.1) is 24.0 Å². The standard InChI is InChI=1S/C19H34N6O2.HI/c1-4-19(2)16(26)25(18(27)22-19)12-7-9-21-17(20-3)24-13-8-15(14-24)23-10-5-6-11-23;/h15H,4-14H2,1-3H3,(H,20,21)(H,22,27);1H. The monoisotopic (exact) mass is 506 g/mol. The molecule has 9 heteroatoms. The first-order chi connectivity index (χ1) is 13.0. The van der Waals surface area contributed by atoms with Crippen molar-refractivity contribution in [3.8, 4) is 0 Å². The lowest BCUT2D eigenvalue weighted by Gasteiger charge is -2.25. The summed E-state index contributed by atoms with van der Waals surface area (Å²) in [4.78, 5) is 35.2. The number of halogens is 1. The highest BCUT2D eigenvalue weighted by Gasteiger charge is 2.46. The molecule has 0 saturated carbocycles. The normalized spacial score (nSPS) is 28.7. The van der Waals surface area contributed by atoms with Crippen molar-refractivity contribution < 1.29 is 9.59 Å². The number of guanidine groups is 1. The van der Waals surface area contributed by atoms with Crippen LogP contribution in [0.15, 0.2) is 4.99 Å². The molecule has 0 aromatic rings. The van der Waals surface area contributed by atoms with Crippen molar-refractivity contribution in [1.29, 1.82) is 0 Å². The summed E-state index contributed by atoms with van der Waals surface area (Å²) in [6.07, 6.45) is 5.15. The molecule has 160 valence electrons. The van der Waals surface area contributed by atoms with E-state index in [4.69, 9.17) is 0 Å². The first-order valence-electron chi connectivity index (χ1n) is 10.3. The first kappa shape index (κ1) is 23.2. The van der Waals surface area contributed by atoms with Gasteiger partial charge in [-0.1, -0.05) is 6.92 Å². The maximum Gasteiger partial charge on any atom is 0.325 e. The molecule has 2 unspecified atom stereocenters. The fraction of sp³-hybridized carbons (Fsp3) is 0.842. The predicted octanol–water partition coefficient (Wildman–Crippen LogP) is 1.46. The van der Waals surface area contributed by atoms with E-state index >= 15 is 0 Å². The summed E-state index contributed by atoms with van der Waals surface area (Å²) in [5.74, 6) is 0.805. The van der Waals surface area contributed by atoms with E-state index in [9.17, 15) is 9.59 Å². The Bertz CT molecular complexity index is 595. The summed E-state index contributed by atoms with van der Waals surface area (Å²) in [7, 11) is 1.82. The molecule has 3 saturated heterocycles. The fourth-order valence-corrected chi connectivity index (χ4v) is 4.30. The highest BCUT2D eigenvalue weighted by atomic mass is 127. The van der Waals surface area contributed by atoms with Crippen LogP contribution in [0.1, 0.15) is 46.0 Å². The quantitative estimate of drug-likeness (QED) is 0.188. The SMILES string of the molecule is CCC1(C)NC(=O)N(CCCNC(=NC)N2CCC(N3CCCC3)C2)C1=O.I. The second-order valence-corrected chi connectivity index (χ2v) is 8.03. The number of hydrogen-bond donors (Lipinski definition) is 2. The lowest BCUT2D eigenvalue weighted by molar-refractivity contribution is -0.130. The number of amides is 3. The van der Waals surface area contributed by atoms with E-state index in [1.165, 1.54) is 37.3 Å². The van der Waals surface area contributed by atoms with Crippen molar-refractivity contribution >= 4 is 41.9 Å². The highest BCUT2D eigenvalue weighted by molar-refractivity contribution is 14.0. The van der Waals surface area contributed by atoms with Crippen LogP contribution in [0.2, 0.25) is 0 Å². The van der Waals surface area contributed by atoms with E-state index < -0.39 is 5.54 Å². The van der Waals surface area contributed by atoms with Crippen LogP contribution < -0.4 is 10.6 Å². The minimum absolute atomic E-state index is 0. The molecule has 28 heavy (non-hydrogen) atoms. The Morgan fingerprint density at radius 3 is 2.61 bits per heavy atom. The van der Waals surface area contributed by atoms with Crippen LogP contribution in [0.3, 0.4) is 0 Å². The molecule has 0 aromatic carbocycles. The van der Waals surface area contributed by atoms with Gasteiger partial charge in [-0.25, -0.2) is 4.79 Å². The molecule has 3 rings (SSSR count). The van der Waals surface area contributed by atoms with Crippen molar-refractivity contribution in [3.63, 3.8) is 0 Å². The van der Waals surface area contributed by atoms with Crippen LogP contribution in [0.25, 0.3) is 0 Å². The second-order valence-electron chi connectivity index (χ2n) is 8.03. The van der Waals surface area contributed by atoms with E-state index in [1.807, 2.05) is 14.0 Å². The molecule has 3 fully saturated rings. The Morgan fingerprint density at radius 2 is 2.00 bits per heavy atom. The van der Waals surface area contributed by atoms with Gasteiger partial charge in [-0.2, -0.15) is 0 Å². The van der Waals surface area contributed by atoms with Gasteiger partial charge in [0.15, 0.2) is 5.96 Å². The average Bonchev–Trinajstić information content (AvgIpc) is 3.38. The molecule has 0 spiro atoms. The van der Waals surface area contributed by atoms with Gasteiger partial charge in [0, 0.05) is 39.3 Å². The number of nitrogens with one attached hydrogen (secondary N) is 2. The molecule has 0 bridgehead atoms. The number of likely N-dealkylation sites (tertiary alicyclic amines) is 2. The Labute approximate surface area is 185 Å². The summed E-state index contributed by atoms with van der Waals surface area (Å²) in [5, 5.41) is 6.20. The zero-order valence-corrected chi connectivity index (χ0v) is 19.7. The fourth-order valence-electron chi connectivity index (χ4n) is 4.30. The summed E-state index contributed by atoms with van der Waals surface area (Å²) >= 11 is 0. The van der Waals surface area contributed by atoms with E-state index in [0.29, 0.717) is 32.0 Å². The summed E-state index contributed by atoms with van der Waals surface area (Å²) in [5.41, 5.74) is -0.749. The molecular formula is C19H35IN6O2. The van der Waals surface area contributed by atoms with E-state index in [-0.39, 0.29) is 35.9 Å². The minimum Gasteiger partial charge on any atom is -0.356 e. The molecule has 0 aromatic heterocycles. The van der Waals surface area contributed by atoms with E-state index in [0.717, 1.165) is 19.0 Å². The Balaban J connectivity index is 0.00000280. The smallest absolute Gasteiger partial charge is 0.325 e. The van der Waals surface area contributed by atoms with E-state index in [1.54, 1.807) is 6.92 Å². The van der Waals surface area contributed by atoms with E-state index in [2.05, 4.69) is 25.4 Å². The molecular weight excluding hydrogens is 471 g/mol. The molecule has 3 heterocycles. The van der Waals surface area contributed by atoms with Crippen LogP contribution in [-0.4, -0.2) is 90.5 Å². The number of aliphatic imine (C=N–C) groups is 1. The molecule has 2 atom stereocenters. The maximum absolute atomic E-state index is 12.4. The number of carbonyl (C=O) groups is 2. The third-order valence-electron chi connectivity index (χ3n) is 6.23. The molecule has 2 N–H and O–H groups in total. The van der Waals surface area contributed by atoms with Gasteiger partial charge in [-0.3, -0.25) is 19.6 Å². The Hall–Kier alpha value is -1.10. The summed E-state index contributed by atoms with van der Waals surface area (Å²) in [6, 6.07) is 0.366. The zero-order valence-electron chi connectivity index (χ0n) is 17.4. The lowest BCUT2D eigenvalue weighted by Crippen LogP contribution is -2.44. The molecule has 3 aliphatic heterocycles. The van der Waals surface area contributed by atoms with Crippen molar-refractivity contribution in [1.82, 2.24) is 25.3 Å². The van der Waals surface area contributed by atoms with Gasteiger partial charge >= 0.3 is 6.03 Å². The third-order valence-corrected chi connectivity index (χ3v) is 6.23. The molecule has 3 amide bonds. The third kappa shape index (κ3) is 4.90. The van der Waals surface area contributed by atoms with Crippen molar-refractivity contribution in [2.45, 2.75) is 57.5 Å². The number of hydrogen-bond acceptors (Lipinski definition) is 4. The molecule has 8 nitrogen and oxygen atoms in total. The Kier molecular flexibility index (Phi) is 8.35. The van der Waals surface area contributed by atoms with Gasteiger partial charge in [-0.05, 0) is 52.1 Å². The number of carbonyl (C=O) groups excluding carboxylic acids is 2. The highest BCUT2D eigenvalue weighted by Crippen LogP contribution is 2.21. The number of nitrogens with zero attached hydrogens (tertiary/aromatic N) is 4. The zero-order chi connectivity index (χ0) is 19.4. The summed E-state index contributed by atoms with van der Waals surface area (Å²) in [6.45, 7) is 9.35. The van der Waals surface area contributed by atoms with Gasteiger partial charge in [0.25, 0.3) is 5.91 Å². The minimum atomic E-state index is -0.749. The van der Waals surface area contributed by atoms with Gasteiger partial charge < -0.3 is 15.5 Å². The topological polar surface area (TPSA) is 80.3 Å². The van der Waals surface area contributed by atoms with Crippen LogP contribution in [0, 0.1) is 0 Å². The summed E-state index contributed by atoms with van der Waals surface area (Å²) < 4.78 is 0. The predicted molar refractivity (Wildman–Crippen MR) is 121 cm³/mol. The van der Waals surface area contributed by atoms with Crippen LogP contribution in [0.4, 0.5) is 4.79 Å². The van der Waals surface area contributed by atoms with Gasteiger partial charge in [0.2, 0.25) is 0 Å². The first-order valence-corrected chi connectivity index (χ1v) is 10.3. The van der Waals surface area contributed by atoms with Gasteiger partial charge in [0.1, 0.15) is 5.54 Å². The molecule has 3 aliphatic rings. The van der Waals surface area contributed by atoms with Gasteiger partial charge in [0.05, 0.1) is 0 Å². The largest absolute Gasteiger partial charge is 0.356 e. The van der Waals surface area contributed by atoms with Crippen LogP contribution in [0.5, 0.6) is 0 Å². The number of urea groups is 1. The van der Waals surface area contributed by atoms with Crippen LogP contribution >= 0.6 is 24.0 Å². The molecule has 0 aliphatic carbocycles. The van der Waals surface area contributed by atoms with Crippen LogP contribution in [-0.2, 0) is 4.79 Å². The van der Waals surface area contributed by atoms with Crippen molar-refractivity contribution in [3.05, 3.63) is 0 Å². The molecule has 0 radical (unpaired) electrons. The second kappa shape index (κ2) is 10.1. The lowest BCUT2D eigenvalue weighted by atomic mass is 9.99. The number of imide groups is 1. The van der Waals surface area contributed by atoms with Crippen molar-refractivity contribution in [2.24, 2.45) is 4.99 Å². The van der Waals surface area contributed by atoms with Crippen molar-refractivity contribution in [2.75, 3.05) is 46.3 Å².